The summed E-state index contributed by atoms with van der Waals surface area (Å²) in [6, 6.07) is 8.14. The minimum atomic E-state index is -0.351. The molecule has 3 heterocycles. The molecule has 0 saturated carbocycles. The maximum atomic E-state index is 13.7. The summed E-state index contributed by atoms with van der Waals surface area (Å²) in [4.78, 5) is 35.9. The Morgan fingerprint density at radius 2 is 1.79 bits per heavy atom. The second-order valence-electron chi connectivity index (χ2n) is 9.04. The molecule has 2 aliphatic heterocycles. The van der Waals surface area contributed by atoms with Crippen LogP contribution in [-0.4, -0.2) is 79.8 Å². The van der Waals surface area contributed by atoms with Crippen molar-refractivity contribution < 1.29 is 19.1 Å². The molecule has 1 aromatic heterocycles. The summed E-state index contributed by atoms with van der Waals surface area (Å²) in [5, 5.41) is 10.4. The Kier molecular flexibility index (Phi) is 6.77. The summed E-state index contributed by atoms with van der Waals surface area (Å²) < 4.78 is 10.4. The average Bonchev–Trinajstić information content (AvgIpc) is 2.88. The third-order valence-corrected chi connectivity index (χ3v) is 6.82. The number of piperidine rings is 1. The van der Waals surface area contributed by atoms with E-state index in [0.717, 1.165) is 29.4 Å². The number of methoxy groups -OCH3 is 1. The van der Waals surface area contributed by atoms with E-state index in [1.54, 1.807) is 30.0 Å². The lowest BCUT2D eigenvalue weighted by Gasteiger charge is -2.38. The Morgan fingerprint density at radius 1 is 1.12 bits per heavy atom. The molecule has 2 aromatic rings. The van der Waals surface area contributed by atoms with Crippen LogP contribution in [0.5, 0.6) is 5.75 Å². The van der Waals surface area contributed by atoms with Crippen molar-refractivity contribution >= 4 is 28.6 Å². The first-order valence-corrected chi connectivity index (χ1v) is 11.7. The molecule has 9 nitrogen and oxygen atoms in total. The number of carbonyl (C=O) groups is 2. The van der Waals surface area contributed by atoms with Gasteiger partial charge in [-0.05, 0) is 38.8 Å². The van der Waals surface area contributed by atoms with Crippen LogP contribution in [0.15, 0.2) is 24.4 Å². The van der Waals surface area contributed by atoms with Crippen LogP contribution in [0.3, 0.4) is 0 Å². The highest BCUT2D eigenvalue weighted by Crippen LogP contribution is 2.38. The van der Waals surface area contributed by atoms with Gasteiger partial charge in [0.25, 0.3) is 5.91 Å². The molecule has 0 N–H and O–H groups in total. The van der Waals surface area contributed by atoms with Gasteiger partial charge in [0.1, 0.15) is 5.75 Å². The standard InChI is InChI=1S/C25H31N5O4/c1-4-34-24(32)30-13-11-29(12-14-30)23(31)20-16-27-21-15-18(33-3)5-6-19(21)22(20)28-9-7-25(2,17-26)8-10-28/h5-6,15-16H,4,7-14H2,1-3H3. The number of carbonyl (C=O) groups excluding carboxylic acids is 2. The van der Waals surface area contributed by atoms with Crippen LogP contribution in [0, 0.1) is 16.7 Å². The summed E-state index contributed by atoms with van der Waals surface area (Å²) in [7, 11) is 1.61. The van der Waals surface area contributed by atoms with Gasteiger partial charge in [0, 0.05) is 56.9 Å². The first kappa shape index (κ1) is 23.6. The lowest BCUT2D eigenvalue weighted by atomic mass is 9.81. The molecule has 1 aromatic carbocycles. The van der Waals surface area contributed by atoms with E-state index in [9.17, 15) is 14.9 Å². The number of hydrogen-bond acceptors (Lipinski definition) is 7. The Bertz CT molecular complexity index is 1110. The number of aromatic nitrogens is 1. The molecular formula is C25H31N5O4. The van der Waals surface area contributed by atoms with Crippen molar-refractivity contribution in [3.05, 3.63) is 30.0 Å². The van der Waals surface area contributed by atoms with Gasteiger partial charge in [0.05, 0.1) is 42.0 Å². The van der Waals surface area contributed by atoms with Crippen LogP contribution in [0.25, 0.3) is 10.9 Å². The fourth-order valence-corrected chi connectivity index (χ4v) is 4.60. The zero-order valence-corrected chi connectivity index (χ0v) is 20.0. The fourth-order valence-electron chi connectivity index (χ4n) is 4.60. The van der Waals surface area contributed by atoms with Gasteiger partial charge in [0.2, 0.25) is 0 Å². The average molecular weight is 466 g/mol. The van der Waals surface area contributed by atoms with E-state index in [-0.39, 0.29) is 17.4 Å². The number of pyridine rings is 1. The Morgan fingerprint density at radius 3 is 2.41 bits per heavy atom. The highest BCUT2D eigenvalue weighted by molar-refractivity contribution is 6.07. The number of rotatable bonds is 4. The molecule has 0 aliphatic carbocycles. The van der Waals surface area contributed by atoms with E-state index in [1.165, 1.54) is 0 Å². The van der Waals surface area contributed by atoms with Crippen molar-refractivity contribution in [1.29, 1.82) is 5.26 Å². The number of fused-ring (bicyclic) bond motifs is 1. The Balaban J connectivity index is 1.64. The van der Waals surface area contributed by atoms with E-state index < -0.39 is 0 Å². The summed E-state index contributed by atoms with van der Waals surface area (Å²) in [6.07, 6.45) is 2.77. The smallest absolute Gasteiger partial charge is 0.409 e. The summed E-state index contributed by atoms with van der Waals surface area (Å²) in [6.45, 7) is 7.21. The van der Waals surface area contributed by atoms with Gasteiger partial charge in [-0.3, -0.25) is 9.78 Å². The summed E-state index contributed by atoms with van der Waals surface area (Å²) >= 11 is 0. The van der Waals surface area contributed by atoms with Crippen LogP contribution < -0.4 is 9.64 Å². The molecular weight excluding hydrogens is 434 g/mol. The minimum Gasteiger partial charge on any atom is -0.497 e. The van der Waals surface area contributed by atoms with E-state index in [1.807, 2.05) is 25.1 Å². The van der Waals surface area contributed by atoms with E-state index in [2.05, 4.69) is 16.0 Å². The molecule has 4 rings (SSSR count). The summed E-state index contributed by atoms with van der Waals surface area (Å²) in [5.74, 6) is 0.605. The molecule has 2 amide bonds. The van der Waals surface area contributed by atoms with Gasteiger partial charge in [-0.15, -0.1) is 0 Å². The van der Waals surface area contributed by atoms with E-state index in [4.69, 9.17) is 9.47 Å². The Labute approximate surface area is 199 Å². The van der Waals surface area contributed by atoms with Crippen LogP contribution in [0.2, 0.25) is 0 Å². The Hall–Kier alpha value is -3.54. The van der Waals surface area contributed by atoms with E-state index >= 15 is 0 Å². The molecule has 0 spiro atoms. The third-order valence-electron chi connectivity index (χ3n) is 6.82. The number of hydrogen-bond donors (Lipinski definition) is 0. The summed E-state index contributed by atoms with van der Waals surface area (Å²) in [5.41, 5.74) is 1.80. The molecule has 0 radical (unpaired) electrons. The van der Waals surface area contributed by atoms with Gasteiger partial charge < -0.3 is 24.2 Å². The first-order chi connectivity index (χ1) is 16.4. The van der Waals surface area contributed by atoms with Crippen molar-refractivity contribution in [1.82, 2.24) is 14.8 Å². The molecule has 2 fully saturated rings. The number of nitriles is 1. The molecule has 180 valence electrons. The van der Waals surface area contributed by atoms with Gasteiger partial charge >= 0.3 is 6.09 Å². The predicted octanol–water partition coefficient (Wildman–Crippen LogP) is 3.29. The maximum Gasteiger partial charge on any atom is 0.409 e. The maximum absolute atomic E-state index is 13.7. The lowest BCUT2D eigenvalue weighted by molar-refractivity contribution is 0.0570. The van der Waals surface area contributed by atoms with Crippen LogP contribution >= 0.6 is 0 Å². The van der Waals surface area contributed by atoms with Crippen LogP contribution in [-0.2, 0) is 4.74 Å². The number of nitrogens with zero attached hydrogens (tertiary/aromatic N) is 5. The van der Waals surface area contributed by atoms with Crippen molar-refractivity contribution in [2.75, 3.05) is 57.9 Å². The van der Waals surface area contributed by atoms with Gasteiger partial charge in [-0.25, -0.2) is 4.79 Å². The SMILES string of the molecule is CCOC(=O)N1CCN(C(=O)c2cnc3cc(OC)ccc3c2N2CCC(C)(C#N)CC2)CC1. The molecule has 9 heteroatoms. The molecule has 0 atom stereocenters. The number of ether oxygens (including phenoxy) is 2. The fraction of sp³-hybridized carbons (Fsp3) is 0.520. The van der Waals surface area contributed by atoms with Gasteiger partial charge in [-0.2, -0.15) is 5.26 Å². The van der Waals surface area contributed by atoms with Crippen LogP contribution in [0.4, 0.5) is 10.5 Å². The van der Waals surface area contributed by atoms with Crippen molar-refractivity contribution in [3.8, 4) is 11.8 Å². The second kappa shape index (κ2) is 9.75. The van der Waals surface area contributed by atoms with E-state index in [0.29, 0.717) is 57.2 Å². The zero-order valence-electron chi connectivity index (χ0n) is 20.0. The highest BCUT2D eigenvalue weighted by atomic mass is 16.6. The molecule has 0 unspecified atom stereocenters. The topological polar surface area (TPSA) is 99.0 Å². The number of amides is 2. The van der Waals surface area contributed by atoms with Gasteiger partial charge in [0.15, 0.2) is 0 Å². The first-order valence-electron chi connectivity index (χ1n) is 11.7. The van der Waals surface area contributed by atoms with Crippen molar-refractivity contribution in [2.24, 2.45) is 5.41 Å². The van der Waals surface area contributed by atoms with Crippen molar-refractivity contribution in [2.45, 2.75) is 26.7 Å². The van der Waals surface area contributed by atoms with Crippen LogP contribution in [0.1, 0.15) is 37.0 Å². The second-order valence-corrected chi connectivity index (χ2v) is 9.04. The lowest BCUT2D eigenvalue weighted by Crippen LogP contribution is -2.51. The highest BCUT2D eigenvalue weighted by Gasteiger charge is 2.34. The van der Waals surface area contributed by atoms with Crippen molar-refractivity contribution in [3.63, 3.8) is 0 Å². The largest absolute Gasteiger partial charge is 0.497 e. The number of piperazine rings is 1. The minimum absolute atomic E-state index is 0.0997. The molecule has 34 heavy (non-hydrogen) atoms. The monoisotopic (exact) mass is 465 g/mol. The number of benzene rings is 1. The van der Waals surface area contributed by atoms with Gasteiger partial charge in [-0.1, -0.05) is 0 Å². The normalized spacial score (nSPS) is 17.9. The predicted molar refractivity (Wildman–Crippen MR) is 128 cm³/mol. The zero-order chi connectivity index (χ0) is 24.3. The number of anilines is 1. The third kappa shape index (κ3) is 4.58. The molecule has 2 aliphatic rings. The molecule has 2 saturated heterocycles. The quantitative estimate of drug-likeness (QED) is 0.683. The molecule has 0 bridgehead atoms.